The van der Waals surface area contributed by atoms with E-state index >= 15 is 0 Å². The molecule has 1 aliphatic heterocycles. The number of carbonyl (C=O) groups excluding carboxylic acids is 1. The van der Waals surface area contributed by atoms with Gasteiger partial charge in [-0.05, 0) is 46.7 Å². The minimum absolute atomic E-state index is 0.0380. The van der Waals surface area contributed by atoms with Crippen LogP contribution >= 0.6 is 24.0 Å². The molecule has 6 rings (SSSR count). The van der Waals surface area contributed by atoms with Crippen LogP contribution in [0.2, 0.25) is 0 Å². The average Bonchev–Trinajstić information content (AvgIpc) is 3.39. The van der Waals surface area contributed by atoms with Crippen LogP contribution in [-0.2, 0) is 11.3 Å². The molecule has 0 radical (unpaired) electrons. The first-order valence-electron chi connectivity index (χ1n) is 11.6. The number of nitro groups is 1. The third-order valence-electron chi connectivity index (χ3n) is 6.39. The first-order chi connectivity index (χ1) is 18.0. The maximum atomic E-state index is 13.3. The number of aromatic nitrogens is 1. The number of amides is 1. The van der Waals surface area contributed by atoms with Crippen molar-refractivity contribution in [1.29, 1.82) is 0 Å². The third kappa shape index (κ3) is 4.30. The summed E-state index contributed by atoms with van der Waals surface area (Å²) in [7, 11) is 0. The van der Waals surface area contributed by atoms with Gasteiger partial charge in [-0.15, -0.1) is 0 Å². The molecular weight excluding hydrogens is 502 g/mol. The zero-order valence-corrected chi connectivity index (χ0v) is 21.0. The average molecular weight is 522 g/mol. The van der Waals surface area contributed by atoms with E-state index in [2.05, 4.69) is 53.2 Å². The van der Waals surface area contributed by atoms with Crippen LogP contribution in [0.3, 0.4) is 0 Å². The summed E-state index contributed by atoms with van der Waals surface area (Å²) in [5, 5.41) is 14.4. The van der Waals surface area contributed by atoms with Crippen LogP contribution in [0.15, 0.2) is 102 Å². The maximum absolute atomic E-state index is 13.3. The highest BCUT2D eigenvalue weighted by molar-refractivity contribution is 8.27. The summed E-state index contributed by atoms with van der Waals surface area (Å²) in [5.41, 5.74) is 3.67. The Morgan fingerprint density at radius 3 is 2.43 bits per heavy atom. The molecule has 180 valence electrons. The Morgan fingerprint density at radius 1 is 0.919 bits per heavy atom. The second kappa shape index (κ2) is 9.31. The molecule has 0 atom stereocenters. The highest BCUT2D eigenvalue weighted by Crippen LogP contribution is 2.37. The van der Waals surface area contributed by atoms with E-state index in [0.29, 0.717) is 21.5 Å². The highest BCUT2D eigenvalue weighted by Gasteiger charge is 2.33. The number of hydrogen-bond acceptors (Lipinski definition) is 5. The number of thiocarbonyl (C=S) groups is 1. The van der Waals surface area contributed by atoms with Crippen LogP contribution in [0.5, 0.6) is 0 Å². The molecule has 5 aromatic rings. The molecule has 0 bridgehead atoms. The monoisotopic (exact) mass is 521 g/mol. The van der Waals surface area contributed by atoms with Gasteiger partial charge in [0, 0.05) is 41.3 Å². The first kappa shape index (κ1) is 23.1. The molecule has 4 aromatic carbocycles. The molecule has 6 nitrogen and oxygen atoms in total. The Kier molecular flexibility index (Phi) is 5.82. The Balaban J connectivity index is 1.34. The second-order valence-corrected chi connectivity index (χ2v) is 10.4. The van der Waals surface area contributed by atoms with E-state index < -0.39 is 4.92 Å². The smallest absolute Gasteiger partial charge is 0.270 e. The predicted octanol–water partition coefficient (Wildman–Crippen LogP) is 7.16. The number of non-ortho nitro benzene ring substituents is 1. The van der Waals surface area contributed by atoms with Gasteiger partial charge < -0.3 is 4.57 Å². The van der Waals surface area contributed by atoms with Gasteiger partial charge in [0.25, 0.3) is 11.6 Å². The van der Waals surface area contributed by atoms with Crippen LogP contribution in [0.4, 0.5) is 11.4 Å². The van der Waals surface area contributed by atoms with E-state index in [1.807, 2.05) is 30.3 Å². The Hall–Kier alpha value is -4.27. The van der Waals surface area contributed by atoms with Gasteiger partial charge in [0.05, 0.1) is 15.5 Å². The molecule has 0 aliphatic carbocycles. The molecule has 0 unspecified atom stereocenters. The quantitative estimate of drug-likeness (QED) is 0.106. The molecule has 1 aliphatic rings. The molecule has 0 spiro atoms. The summed E-state index contributed by atoms with van der Waals surface area (Å²) >= 11 is 6.72. The van der Waals surface area contributed by atoms with Crippen molar-refractivity contribution >= 4 is 73.3 Å². The van der Waals surface area contributed by atoms with E-state index in [1.165, 1.54) is 45.1 Å². The van der Waals surface area contributed by atoms with E-state index in [4.69, 9.17) is 12.2 Å². The van der Waals surface area contributed by atoms with E-state index in [-0.39, 0.29) is 11.6 Å². The van der Waals surface area contributed by atoms with E-state index in [0.717, 1.165) is 16.5 Å². The van der Waals surface area contributed by atoms with Crippen LogP contribution in [0.25, 0.3) is 27.8 Å². The van der Waals surface area contributed by atoms with Crippen molar-refractivity contribution in [3.8, 4) is 0 Å². The fourth-order valence-corrected chi connectivity index (χ4v) is 5.90. The number of thioether (sulfide) groups is 1. The first-order valence-corrected chi connectivity index (χ1v) is 12.8. The van der Waals surface area contributed by atoms with Gasteiger partial charge in [0.15, 0.2) is 4.32 Å². The van der Waals surface area contributed by atoms with E-state index in [9.17, 15) is 14.9 Å². The second-order valence-electron chi connectivity index (χ2n) is 8.70. The zero-order chi connectivity index (χ0) is 25.5. The van der Waals surface area contributed by atoms with Crippen molar-refractivity contribution in [2.75, 3.05) is 4.90 Å². The summed E-state index contributed by atoms with van der Waals surface area (Å²) in [6, 6.07) is 28.8. The summed E-state index contributed by atoms with van der Waals surface area (Å²) in [6.07, 6.45) is 3.95. The number of carbonyl (C=O) groups is 1. The maximum Gasteiger partial charge on any atom is 0.270 e. The van der Waals surface area contributed by atoms with Gasteiger partial charge >= 0.3 is 0 Å². The molecule has 1 aromatic heterocycles. The molecule has 1 saturated heterocycles. The van der Waals surface area contributed by atoms with Gasteiger partial charge in [-0.3, -0.25) is 19.8 Å². The molecule has 1 amide bonds. The largest absolute Gasteiger partial charge is 0.342 e. The van der Waals surface area contributed by atoms with Crippen molar-refractivity contribution in [2.24, 2.45) is 0 Å². The lowest BCUT2D eigenvalue weighted by atomic mass is 10.1. The number of rotatable bonds is 5. The number of nitrogens with zero attached hydrogens (tertiary/aromatic N) is 3. The minimum atomic E-state index is -0.471. The van der Waals surface area contributed by atoms with Gasteiger partial charge in [-0.1, -0.05) is 78.6 Å². The third-order valence-corrected chi connectivity index (χ3v) is 7.69. The predicted molar refractivity (Wildman–Crippen MR) is 154 cm³/mol. The van der Waals surface area contributed by atoms with Gasteiger partial charge in [-0.2, -0.15) is 0 Å². The van der Waals surface area contributed by atoms with E-state index in [1.54, 1.807) is 12.1 Å². The highest BCUT2D eigenvalue weighted by atomic mass is 32.2. The summed E-state index contributed by atoms with van der Waals surface area (Å²) in [4.78, 5) is 25.8. The van der Waals surface area contributed by atoms with Crippen molar-refractivity contribution < 1.29 is 9.72 Å². The summed E-state index contributed by atoms with van der Waals surface area (Å²) in [5.74, 6) is -0.241. The molecule has 0 saturated carbocycles. The number of para-hydroxylation sites is 1. The Labute approximate surface area is 222 Å². The van der Waals surface area contributed by atoms with Crippen LogP contribution in [0, 0.1) is 10.1 Å². The van der Waals surface area contributed by atoms with Gasteiger partial charge in [-0.25, -0.2) is 0 Å². The number of nitro benzene ring substituents is 1. The molecule has 1 fully saturated rings. The Morgan fingerprint density at radius 2 is 1.65 bits per heavy atom. The van der Waals surface area contributed by atoms with Gasteiger partial charge in [0.1, 0.15) is 0 Å². The summed E-state index contributed by atoms with van der Waals surface area (Å²) < 4.78 is 2.59. The van der Waals surface area contributed by atoms with Crippen LogP contribution < -0.4 is 4.90 Å². The van der Waals surface area contributed by atoms with Crippen LogP contribution in [-0.4, -0.2) is 19.7 Å². The number of anilines is 1. The molecular formula is C29H19N3O3S2. The van der Waals surface area contributed by atoms with Crippen molar-refractivity contribution in [2.45, 2.75) is 6.54 Å². The Bertz CT molecular complexity index is 1760. The SMILES string of the molecule is O=C1/C(=C\c2cn(Cc3ccc4ccccc4c3)c3ccccc23)SC(=S)N1c1ccc([N+](=O)[O-])cc1. The number of hydrogen-bond donors (Lipinski definition) is 0. The van der Waals surface area contributed by atoms with Crippen molar-refractivity contribution in [1.82, 2.24) is 4.57 Å². The number of fused-ring (bicyclic) bond motifs is 2. The van der Waals surface area contributed by atoms with Crippen LogP contribution in [0.1, 0.15) is 11.1 Å². The molecule has 8 heteroatoms. The standard InChI is InChI=1S/C29H19N3O3S2/c33-28-27(37-29(36)31(28)23-11-13-24(14-12-23)32(34)35)16-22-18-30(26-8-4-3-7-25(22)26)17-19-9-10-20-5-1-2-6-21(20)15-19/h1-16,18H,17H2/b27-16+. The zero-order valence-electron chi connectivity index (χ0n) is 19.4. The van der Waals surface area contributed by atoms with Gasteiger partial charge in [0.2, 0.25) is 0 Å². The molecule has 0 N–H and O–H groups in total. The lowest BCUT2D eigenvalue weighted by molar-refractivity contribution is -0.384. The topological polar surface area (TPSA) is 68.4 Å². The van der Waals surface area contributed by atoms with Crippen molar-refractivity contribution in [3.05, 3.63) is 123 Å². The molecule has 37 heavy (non-hydrogen) atoms. The lowest BCUT2D eigenvalue weighted by Gasteiger charge is -2.13. The molecule has 2 heterocycles. The minimum Gasteiger partial charge on any atom is -0.342 e. The van der Waals surface area contributed by atoms with Crippen molar-refractivity contribution in [3.63, 3.8) is 0 Å². The lowest BCUT2D eigenvalue weighted by Crippen LogP contribution is -2.27. The fraction of sp³-hybridized carbons (Fsp3) is 0.0345. The number of benzene rings is 4. The summed E-state index contributed by atoms with van der Waals surface area (Å²) in [6.45, 7) is 0.697. The normalized spacial score (nSPS) is 14.8. The fourth-order valence-electron chi connectivity index (χ4n) is 4.61.